The Kier molecular flexibility index (Phi) is 6.44. The summed E-state index contributed by atoms with van der Waals surface area (Å²) in [5, 5.41) is 0. The summed E-state index contributed by atoms with van der Waals surface area (Å²) >= 11 is -0.391. The van der Waals surface area contributed by atoms with Gasteiger partial charge in [0.1, 0.15) is 0 Å². The number of nitrogens with zero attached hydrogens (tertiary/aromatic N) is 1. The molecule has 0 aromatic heterocycles. The quantitative estimate of drug-likeness (QED) is 0.484. The number of esters is 1. The molecule has 1 aliphatic rings. The molecule has 3 rings (SSSR count). The van der Waals surface area contributed by atoms with Crippen LogP contribution in [-0.4, -0.2) is 47.4 Å². The molecule has 0 N–H and O–H groups in total. The van der Waals surface area contributed by atoms with Crippen molar-refractivity contribution in [3.05, 3.63) is 72.4 Å². The zero-order valence-electron chi connectivity index (χ0n) is 15.5. The second-order valence-corrected chi connectivity index (χ2v) is 10.3. The van der Waals surface area contributed by atoms with E-state index in [-0.39, 0.29) is 10.9 Å². The van der Waals surface area contributed by atoms with E-state index in [1.54, 1.807) is 62.6 Å². The summed E-state index contributed by atoms with van der Waals surface area (Å²) in [5.41, 5.74) is 0.805. The van der Waals surface area contributed by atoms with Crippen LogP contribution in [0.2, 0.25) is 4.82 Å². The minimum atomic E-state index is -3.76. The number of sulfonamides is 1. The third-order valence-corrected chi connectivity index (χ3v) is 9.15. The Labute approximate surface area is 171 Å². The van der Waals surface area contributed by atoms with Crippen molar-refractivity contribution < 1.29 is 22.7 Å². The normalized spacial score (nSPS) is 19.3. The molecule has 2 aromatic carbocycles. The third-order valence-electron chi connectivity index (χ3n) is 4.15. The molecule has 2 atom stereocenters. The Morgan fingerprint density at radius 2 is 1.79 bits per heavy atom. The van der Waals surface area contributed by atoms with Gasteiger partial charge in [0, 0.05) is 0 Å². The molecule has 0 saturated heterocycles. The molecule has 2 unspecified atom stereocenters. The number of methoxy groups -OCH3 is 1. The first kappa shape index (κ1) is 20.5. The zero-order valence-corrected chi connectivity index (χ0v) is 18.0. The second-order valence-electron chi connectivity index (χ2n) is 5.92. The molecule has 0 fully saturated rings. The van der Waals surface area contributed by atoms with Crippen LogP contribution in [0.15, 0.2) is 71.8 Å². The first-order valence-electron chi connectivity index (χ1n) is 8.70. The Bertz CT molecular complexity index is 944. The molecule has 0 bridgehead atoms. The summed E-state index contributed by atoms with van der Waals surface area (Å²) in [6.45, 7) is 2.04. The van der Waals surface area contributed by atoms with Crippen molar-refractivity contribution >= 4 is 30.9 Å². The molecule has 6 nitrogen and oxygen atoms in total. The Hall–Kier alpha value is -2.28. The van der Waals surface area contributed by atoms with E-state index in [1.807, 2.05) is 12.1 Å². The molecule has 1 heterocycles. The van der Waals surface area contributed by atoms with E-state index in [0.717, 1.165) is 5.56 Å². The van der Waals surface area contributed by atoms with E-state index in [2.05, 4.69) is 0 Å². The number of hydrogen-bond donors (Lipinski definition) is 0. The summed E-state index contributed by atoms with van der Waals surface area (Å²) in [6, 6.07) is 15.5. The van der Waals surface area contributed by atoms with Crippen molar-refractivity contribution in [2.24, 2.45) is 0 Å². The standard InChI is InChI=1S/C20H21NO5SSe/c1-3-26-20(22)18-13-14-21(27(23,24)17-7-5-4-6-8-17)19(28-18)15-9-11-16(25-2)12-10-15/h4-14,18-19H,3H2,1-2H3. The van der Waals surface area contributed by atoms with Gasteiger partial charge in [-0.1, -0.05) is 0 Å². The van der Waals surface area contributed by atoms with Gasteiger partial charge in [-0.15, -0.1) is 0 Å². The average Bonchev–Trinajstić information content (AvgIpc) is 2.74. The molecule has 8 heteroatoms. The molecular weight excluding hydrogens is 445 g/mol. The van der Waals surface area contributed by atoms with Gasteiger partial charge in [0.2, 0.25) is 0 Å². The van der Waals surface area contributed by atoms with Crippen molar-refractivity contribution in [1.29, 1.82) is 0 Å². The van der Waals surface area contributed by atoms with Crippen LogP contribution in [0.25, 0.3) is 0 Å². The van der Waals surface area contributed by atoms with Gasteiger partial charge < -0.3 is 0 Å². The molecule has 148 valence electrons. The Balaban J connectivity index is 2.01. The van der Waals surface area contributed by atoms with Gasteiger partial charge in [0.05, 0.1) is 0 Å². The molecule has 0 spiro atoms. The Morgan fingerprint density at radius 3 is 2.39 bits per heavy atom. The number of benzene rings is 2. The summed E-state index contributed by atoms with van der Waals surface area (Å²) in [4.78, 5) is 11.6. The van der Waals surface area contributed by atoms with E-state index >= 15 is 0 Å². The van der Waals surface area contributed by atoms with Gasteiger partial charge in [0.15, 0.2) is 0 Å². The maximum atomic E-state index is 13.2. The van der Waals surface area contributed by atoms with Gasteiger partial charge in [-0.05, 0) is 0 Å². The van der Waals surface area contributed by atoms with Crippen LogP contribution in [0.4, 0.5) is 0 Å². The van der Waals surface area contributed by atoms with E-state index in [0.29, 0.717) is 12.4 Å². The summed E-state index contributed by atoms with van der Waals surface area (Å²) in [5.74, 6) is 0.357. The minimum absolute atomic E-state index is 0.212. The van der Waals surface area contributed by atoms with Crippen molar-refractivity contribution in [3.8, 4) is 5.75 Å². The van der Waals surface area contributed by atoms with E-state index in [9.17, 15) is 13.2 Å². The van der Waals surface area contributed by atoms with Crippen molar-refractivity contribution in [2.75, 3.05) is 13.7 Å². The van der Waals surface area contributed by atoms with Gasteiger partial charge in [-0.3, -0.25) is 0 Å². The molecule has 28 heavy (non-hydrogen) atoms. The van der Waals surface area contributed by atoms with Crippen LogP contribution in [0.1, 0.15) is 17.4 Å². The molecule has 2 aromatic rings. The van der Waals surface area contributed by atoms with Crippen LogP contribution < -0.4 is 4.74 Å². The second kappa shape index (κ2) is 8.82. The fourth-order valence-electron chi connectivity index (χ4n) is 2.76. The number of ether oxygens (including phenoxy) is 2. The van der Waals surface area contributed by atoms with E-state index in [1.165, 1.54) is 10.5 Å². The number of carbonyl (C=O) groups excluding carboxylic acids is 1. The van der Waals surface area contributed by atoms with Crippen LogP contribution in [0, 0.1) is 0 Å². The Morgan fingerprint density at radius 1 is 1.11 bits per heavy atom. The fourth-order valence-corrected chi connectivity index (χ4v) is 7.43. The molecule has 0 amide bonds. The summed E-state index contributed by atoms with van der Waals surface area (Å²) in [6.07, 6.45) is 3.11. The van der Waals surface area contributed by atoms with Crippen LogP contribution in [0.5, 0.6) is 5.75 Å². The van der Waals surface area contributed by atoms with E-state index < -0.39 is 34.7 Å². The first-order valence-corrected chi connectivity index (χ1v) is 12.1. The summed E-state index contributed by atoms with van der Waals surface area (Å²) < 4.78 is 38.2. The molecule has 1 aliphatic heterocycles. The zero-order chi connectivity index (χ0) is 20.1. The van der Waals surface area contributed by atoms with Crippen molar-refractivity contribution in [3.63, 3.8) is 0 Å². The molecule has 0 saturated carbocycles. The average molecular weight is 466 g/mol. The monoisotopic (exact) mass is 467 g/mol. The number of rotatable bonds is 6. The van der Waals surface area contributed by atoms with Gasteiger partial charge in [0.25, 0.3) is 0 Å². The molecular formula is C20H21NO5SSe. The SMILES string of the molecule is CCOC(=O)C1C=CN(S(=O)(=O)c2ccccc2)C(c2ccc(OC)cc2)[Se]1. The van der Waals surface area contributed by atoms with Crippen LogP contribution in [0.3, 0.4) is 0 Å². The van der Waals surface area contributed by atoms with Crippen LogP contribution in [-0.2, 0) is 19.6 Å². The maximum absolute atomic E-state index is 13.2. The predicted molar refractivity (Wildman–Crippen MR) is 106 cm³/mol. The summed E-state index contributed by atoms with van der Waals surface area (Å²) in [7, 11) is -2.18. The number of carbonyl (C=O) groups is 1. The van der Waals surface area contributed by atoms with Gasteiger partial charge in [-0.2, -0.15) is 0 Å². The molecule has 0 radical (unpaired) electrons. The third kappa shape index (κ3) is 4.24. The molecule has 0 aliphatic carbocycles. The first-order chi connectivity index (χ1) is 13.5. The van der Waals surface area contributed by atoms with E-state index in [4.69, 9.17) is 9.47 Å². The van der Waals surface area contributed by atoms with Gasteiger partial charge >= 0.3 is 171 Å². The van der Waals surface area contributed by atoms with Crippen LogP contribution >= 0.6 is 0 Å². The van der Waals surface area contributed by atoms with Crippen molar-refractivity contribution in [2.45, 2.75) is 21.6 Å². The fraction of sp³-hybridized carbons (Fsp3) is 0.250. The van der Waals surface area contributed by atoms with Gasteiger partial charge in [-0.25, -0.2) is 0 Å². The number of hydrogen-bond acceptors (Lipinski definition) is 5. The predicted octanol–water partition coefficient (Wildman–Crippen LogP) is 2.97. The van der Waals surface area contributed by atoms with Crippen molar-refractivity contribution in [1.82, 2.24) is 4.31 Å². The topological polar surface area (TPSA) is 72.9 Å².